The molecule has 0 saturated carbocycles. The molecule has 2 heterocycles. The Morgan fingerprint density at radius 2 is 1.92 bits per heavy atom. The van der Waals surface area contributed by atoms with Crippen molar-refractivity contribution < 1.29 is 19.1 Å². The number of methoxy groups -OCH3 is 1. The van der Waals surface area contributed by atoms with Crippen LogP contribution >= 0.6 is 0 Å². The number of benzene rings is 2. The molecule has 1 aliphatic heterocycles. The topological polar surface area (TPSA) is 93.7 Å². The number of piperidine rings is 1. The number of ether oxygens (including phenoxy) is 2. The molecule has 0 radical (unpaired) electrons. The smallest absolute Gasteiger partial charge is 0.256 e. The van der Waals surface area contributed by atoms with Gasteiger partial charge in [0.15, 0.2) is 0 Å². The van der Waals surface area contributed by atoms with Crippen molar-refractivity contribution in [2.75, 3.05) is 33.4 Å². The second-order valence-corrected chi connectivity index (χ2v) is 9.29. The molecule has 3 aromatic rings. The molecular formula is C28H30N4O4. The van der Waals surface area contributed by atoms with Crippen molar-refractivity contribution in [1.82, 2.24) is 20.2 Å². The lowest BCUT2D eigenvalue weighted by atomic mass is 9.71. The number of rotatable bonds is 7. The van der Waals surface area contributed by atoms with Crippen LogP contribution in [0.1, 0.15) is 40.4 Å². The van der Waals surface area contributed by atoms with Crippen LogP contribution in [0.4, 0.5) is 0 Å². The minimum atomic E-state index is -0.333. The molecule has 1 spiro atoms. The van der Waals surface area contributed by atoms with Crippen LogP contribution in [0.5, 0.6) is 0 Å². The van der Waals surface area contributed by atoms with E-state index in [9.17, 15) is 9.59 Å². The second kappa shape index (κ2) is 10.2. The van der Waals surface area contributed by atoms with E-state index in [-0.39, 0.29) is 36.0 Å². The van der Waals surface area contributed by atoms with E-state index in [1.165, 1.54) is 12.7 Å². The number of fused-ring (bicyclic) bond motifs is 3. The summed E-state index contributed by atoms with van der Waals surface area (Å²) in [6.07, 6.45) is 6.11. The van der Waals surface area contributed by atoms with Gasteiger partial charge in [0, 0.05) is 38.0 Å². The monoisotopic (exact) mass is 486 g/mol. The average molecular weight is 487 g/mol. The van der Waals surface area contributed by atoms with Gasteiger partial charge in [-0.25, -0.2) is 0 Å². The van der Waals surface area contributed by atoms with Gasteiger partial charge in [-0.1, -0.05) is 36.4 Å². The summed E-state index contributed by atoms with van der Waals surface area (Å²) in [4.78, 5) is 36.7. The maximum Gasteiger partial charge on any atom is 0.256 e. The van der Waals surface area contributed by atoms with E-state index in [1.807, 2.05) is 35.2 Å². The van der Waals surface area contributed by atoms with Gasteiger partial charge in [0.2, 0.25) is 5.91 Å². The first-order chi connectivity index (χ1) is 17.6. The maximum absolute atomic E-state index is 13.5. The van der Waals surface area contributed by atoms with E-state index in [0.29, 0.717) is 49.1 Å². The van der Waals surface area contributed by atoms with Gasteiger partial charge in [0.05, 0.1) is 29.8 Å². The lowest BCUT2D eigenvalue weighted by Crippen LogP contribution is -2.52. The molecule has 1 N–H and O–H groups in total. The third kappa shape index (κ3) is 4.16. The van der Waals surface area contributed by atoms with Crippen LogP contribution < -0.4 is 5.32 Å². The number of hydrogen-bond donors (Lipinski definition) is 1. The van der Waals surface area contributed by atoms with Gasteiger partial charge in [-0.15, -0.1) is 6.58 Å². The van der Waals surface area contributed by atoms with Crippen LogP contribution in [0.25, 0.3) is 11.0 Å². The fourth-order valence-corrected chi connectivity index (χ4v) is 5.78. The standard InChI is InChI=1S/C28H30N4O4/c1-3-17-36-26-25(31-23(33)18-35-2)19-7-4-5-9-21(19)28(26)11-15-32(16-12-28)27(34)20-8-6-10-22-24(20)30-14-13-29-22/h3-10,13-14,25-26H,1,11-12,15-18H2,2H3,(H,31,33)/t25-,26+/m0/s1. The van der Waals surface area contributed by atoms with E-state index >= 15 is 0 Å². The number of para-hydroxylation sites is 1. The number of nitrogens with one attached hydrogen (secondary N) is 1. The first-order valence-corrected chi connectivity index (χ1v) is 12.2. The van der Waals surface area contributed by atoms with E-state index < -0.39 is 0 Å². The number of amides is 2. The number of carbonyl (C=O) groups is 2. The Labute approximate surface area is 210 Å². The summed E-state index contributed by atoms with van der Waals surface area (Å²) >= 11 is 0. The quantitative estimate of drug-likeness (QED) is 0.516. The summed E-state index contributed by atoms with van der Waals surface area (Å²) in [5, 5.41) is 3.13. The lowest BCUT2D eigenvalue weighted by Gasteiger charge is -2.44. The average Bonchev–Trinajstić information content (AvgIpc) is 3.15. The van der Waals surface area contributed by atoms with E-state index in [0.717, 1.165) is 5.56 Å². The Morgan fingerprint density at radius 1 is 1.14 bits per heavy atom. The zero-order valence-corrected chi connectivity index (χ0v) is 20.4. The highest BCUT2D eigenvalue weighted by molar-refractivity contribution is 6.04. The molecule has 2 atom stereocenters. The van der Waals surface area contributed by atoms with Gasteiger partial charge >= 0.3 is 0 Å². The molecule has 8 heteroatoms. The molecule has 1 aromatic heterocycles. The Balaban J connectivity index is 1.44. The van der Waals surface area contributed by atoms with Crippen LogP contribution in [0, 0.1) is 0 Å². The molecule has 1 fully saturated rings. The molecule has 2 amide bonds. The third-order valence-corrected chi connectivity index (χ3v) is 7.34. The Morgan fingerprint density at radius 3 is 2.69 bits per heavy atom. The molecule has 186 valence electrons. The number of hydrogen-bond acceptors (Lipinski definition) is 6. The third-order valence-electron chi connectivity index (χ3n) is 7.34. The van der Waals surface area contributed by atoms with Crippen LogP contribution in [0.3, 0.4) is 0 Å². The molecule has 8 nitrogen and oxygen atoms in total. The fraction of sp³-hybridized carbons (Fsp3) is 0.357. The number of aromatic nitrogens is 2. The van der Waals surface area contributed by atoms with Crippen LogP contribution in [-0.4, -0.2) is 66.2 Å². The molecular weight excluding hydrogens is 456 g/mol. The van der Waals surface area contributed by atoms with E-state index in [2.05, 4.69) is 34.0 Å². The zero-order valence-electron chi connectivity index (χ0n) is 20.4. The van der Waals surface area contributed by atoms with E-state index in [1.54, 1.807) is 18.5 Å². The van der Waals surface area contributed by atoms with Crippen LogP contribution in [0.15, 0.2) is 67.5 Å². The predicted molar refractivity (Wildman–Crippen MR) is 135 cm³/mol. The second-order valence-electron chi connectivity index (χ2n) is 9.29. The first kappa shape index (κ1) is 24.1. The van der Waals surface area contributed by atoms with Crippen LogP contribution in [0.2, 0.25) is 0 Å². The SMILES string of the molecule is C=CCO[C@@H]1[C@@H](NC(=O)COC)c2ccccc2C12CCN(C(=O)c1cccc3nccnc13)CC2. The van der Waals surface area contributed by atoms with Gasteiger partial charge in [0.1, 0.15) is 12.1 Å². The number of likely N-dealkylation sites (tertiary alicyclic amines) is 1. The molecule has 5 rings (SSSR count). The largest absolute Gasteiger partial charge is 0.375 e. The molecule has 36 heavy (non-hydrogen) atoms. The minimum absolute atomic E-state index is 0.0178. The Bertz CT molecular complexity index is 1280. The Hall–Kier alpha value is -3.62. The molecule has 1 aliphatic carbocycles. The molecule has 2 aromatic carbocycles. The first-order valence-electron chi connectivity index (χ1n) is 12.2. The van der Waals surface area contributed by atoms with Crippen LogP contribution in [-0.2, 0) is 19.7 Å². The molecule has 0 unspecified atom stereocenters. The highest BCUT2D eigenvalue weighted by Gasteiger charge is 2.54. The lowest BCUT2D eigenvalue weighted by molar-refractivity contribution is -0.127. The highest BCUT2D eigenvalue weighted by Crippen LogP contribution is 2.52. The summed E-state index contributed by atoms with van der Waals surface area (Å²) in [5.41, 5.74) is 3.77. The molecule has 0 bridgehead atoms. The van der Waals surface area contributed by atoms with Gasteiger partial charge in [0.25, 0.3) is 5.91 Å². The molecule has 2 aliphatic rings. The highest BCUT2D eigenvalue weighted by atomic mass is 16.5. The summed E-state index contributed by atoms with van der Waals surface area (Å²) in [7, 11) is 1.50. The molecule has 1 saturated heterocycles. The van der Waals surface area contributed by atoms with Crippen molar-refractivity contribution in [2.45, 2.75) is 30.4 Å². The number of carbonyl (C=O) groups excluding carboxylic acids is 2. The number of nitrogens with zero attached hydrogens (tertiary/aromatic N) is 3. The van der Waals surface area contributed by atoms with Gasteiger partial charge in [-0.2, -0.15) is 0 Å². The summed E-state index contributed by atoms with van der Waals surface area (Å²) in [6.45, 7) is 5.30. The van der Waals surface area contributed by atoms with Crippen molar-refractivity contribution in [2.24, 2.45) is 0 Å². The predicted octanol–water partition coefficient (Wildman–Crippen LogP) is 3.19. The van der Waals surface area contributed by atoms with Crippen molar-refractivity contribution in [3.05, 3.63) is 84.2 Å². The minimum Gasteiger partial charge on any atom is -0.375 e. The zero-order chi connectivity index (χ0) is 25.1. The van der Waals surface area contributed by atoms with Gasteiger partial charge in [-0.05, 0) is 36.1 Å². The maximum atomic E-state index is 13.5. The van der Waals surface area contributed by atoms with Crippen molar-refractivity contribution in [3.63, 3.8) is 0 Å². The summed E-state index contributed by atoms with van der Waals surface area (Å²) in [6, 6.07) is 13.4. The normalized spacial score (nSPS) is 20.3. The summed E-state index contributed by atoms with van der Waals surface area (Å²) in [5.74, 6) is -0.234. The van der Waals surface area contributed by atoms with Gasteiger partial charge < -0.3 is 19.7 Å². The van der Waals surface area contributed by atoms with E-state index in [4.69, 9.17) is 9.47 Å². The van der Waals surface area contributed by atoms with Crippen molar-refractivity contribution >= 4 is 22.8 Å². The Kier molecular flexibility index (Phi) is 6.80. The van der Waals surface area contributed by atoms with Gasteiger partial charge in [-0.3, -0.25) is 19.6 Å². The fourth-order valence-electron chi connectivity index (χ4n) is 5.78. The van der Waals surface area contributed by atoms with Crippen molar-refractivity contribution in [1.29, 1.82) is 0 Å². The summed E-state index contributed by atoms with van der Waals surface area (Å²) < 4.78 is 11.4. The van der Waals surface area contributed by atoms with Crippen molar-refractivity contribution in [3.8, 4) is 0 Å².